The van der Waals surface area contributed by atoms with Gasteiger partial charge >= 0.3 is 23.9 Å². The number of hydrogen-bond donors (Lipinski definition) is 4. The first kappa shape index (κ1) is 40.5. The monoisotopic (exact) mass is 680 g/mol. The van der Waals surface area contributed by atoms with Gasteiger partial charge in [-0.3, -0.25) is 19.6 Å². The van der Waals surface area contributed by atoms with Gasteiger partial charge in [0.25, 0.3) is 0 Å². The molecule has 0 aromatic rings. The predicted octanol–water partition coefficient (Wildman–Crippen LogP) is 2.29. The van der Waals surface area contributed by atoms with Crippen molar-refractivity contribution >= 4 is 29.7 Å². The Kier molecular flexibility index (Phi) is 12.9. The summed E-state index contributed by atoms with van der Waals surface area (Å²) in [5.74, 6) is -7.39. The third kappa shape index (κ3) is 8.47. The molecule has 14 heteroatoms. The van der Waals surface area contributed by atoms with E-state index in [1.54, 1.807) is 13.8 Å². The fraction of sp³-hybridized carbons (Fsp3) is 0.618. The van der Waals surface area contributed by atoms with Gasteiger partial charge < -0.3 is 34.3 Å². The predicted molar refractivity (Wildman–Crippen MR) is 169 cm³/mol. The van der Waals surface area contributed by atoms with E-state index in [0.717, 1.165) is 26.8 Å². The van der Waals surface area contributed by atoms with E-state index in [2.05, 4.69) is 18.0 Å². The van der Waals surface area contributed by atoms with Crippen molar-refractivity contribution < 1.29 is 68.4 Å². The highest BCUT2D eigenvalue weighted by Crippen LogP contribution is 2.49. The number of allylic oxidation sites excluding steroid dienone is 1. The molecule has 48 heavy (non-hydrogen) atoms. The maximum Gasteiger partial charge on any atom is 0.336 e. The Hall–Kier alpha value is -3.69. The van der Waals surface area contributed by atoms with Gasteiger partial charge in [0.1, 0.15) is 41.7 Å². The fourth-order valence-electron chi connectivity index (χ4n) is 6.02. The number of aliphatic hydroxyl groups excluding tert-OH is 1. The summed E-state index contributed by atoms with van der Waals surface area (Å²) in [7, 11) is 0. The summed E-state index contributed by atoms with van der Waals surface area (Å²) in [6, 6.07) is 0. The highest BCUT2D eigenvalue weighted by Gasteiger charge is 2.64. The van der Waals surface area contributed by atoms with Gasteiger partial charge in [0.05, 0.1) is 11.5 Å². The van der Waals surface area contributed by atoms with E-state index >= 15 is 0 Å². The zero-order valence-electron chi connectivity index (χ0n) is 28.8. The zero-order valence-corrected chi connectivity index (χ0v) is 28.8. The smallest absolute Gasteiger partial charge is 0.336 e. The molecule has 2 rings (SSSR count). The van der Waals surface area contributed by atoms with Crippen LogP contribution in [0.2, 0.25) is 0 Å². The number of ether oxygens (including phenoxy) is 4. The SMILES string of the molecule is C=C(C(=O)O[C@H]1[C@@H](OC(C)=O)C(C)(C)/C=C/[C@@](C)(O)C(=O)[C@@]2(O)C[C@H](C)[C@H](OC(=O)/C(C)=C\C)[C@@H]2[C@@H](OC(C)=O)C(=C)[C@@H]1O)[C@H](C)OO. The van der Waals surface area contributed by atoms with E-state index in [9.17, 15) is 39.3 Å². The van der Waals surface area contributed by atoms with Crippen LogP contribution >= 0.6 is 0 Å². The van der Waals surface area contributed by atoms with Crippen molar-refractivity contribution in [2.75, 3.05) is 0 Å². The van der Waals surface area contributed by atoms with Gasteiger partial charge in [-0.1, -0.05) is 46.1 Å². The minimum Gasteiger partial charge on any atom is -0.458 e. The summed E-state index contributed by atoms with van der Waals surface area (Å²) in [6.45, 7) is 19.6. The van der Waals surface area contributed by atoms with Crippen LogP contribution in [0.25, 0.3) is 0 Å². The normalized spacial score (nSPS) is 35.2. The van der Waals surface area contributed by atoms with Crippen molar-refractivity contribution in [3.8, 4) is 0 Å². The largest absolute Gasteiger partial charge is 0.458 e. The number of hydrogen-bond acceptors (Lipinski definition) is 14. The molecular formula is C34H48O14. The molecule has 0 amide bonds. The Balaban J connectivity index is 3.00. The van der Waals surface area contributed by atoms with Crippen LogP contribution in [0.15, 0.2) is 48.1 Å². The number of fused-ring (bicyclic) bond motifs is 1. The van der Waals surface area contributed by atoms with E-state index < -0.39 is 106 Å². The average molecular weight is 681 g/mol. The number of carbonyl (C=O) groups excluding carboxylic acids is 5. The lowest BCUT2D eigenvalue weighted by atomic mass is 9.71. The first-order chi connectivity index (χ1) is 22.0. The molecule has 2 aliphatic carbocycles. The maximum atomic E-state index is 14.2. The Bertz CT molecular complexity index is 1370. The lowest BCUT2D eigenvalue weighted by Crippen LogP contribution is -2.60. The summed E-state index contributed by atoms with van der Waals surface area (Å²) in [5.41, 5.74) is -7.05. The molecule has 268 valence electrons. The fourth-order valence-corrected chi connectivity index (χ4v) is 6.02. The van der Waals surface area contributed by atoms with Gasteiger partial charge in [0.2, 0.25) is 0 Å². The van der Waals surface area contributed by atoms with E-state index in [1.807, 2.05) is 0 Å². The molecule has 4 N–H and O–H groups in total. The molecule has 0 radical (unpaired) electrons. The number of esters is 4. The molecule has 14 nitrogen and oxygen atoms in total. The lowest BCUT2D eigenvalue weighted by molar-refractivity contribution is -0.264. The van der Waals surface area contributed by atoms with Crippen LogP contribution in [0, 0.1) is 17.3 Å². The molecule has 1 saturated carbocycles. The lowest BCUT2D eigenvalue weighted by Gasteiger charge is -2.44. The molecule has 0 aromatic heterocycles. The van der Waals surface area contributed by atoms with Crippen molar-refractivity contribution in [2.45, 2.75) is 117 Å². The molecule has 0 unspecified atom stereocenters. The quantitative estimate of drug-likeness (QED) is 0.0724. The maximum absolute atomic E-state index is 14.2. The minimum absolute atomic E-state index is 0.190. The van der Waals surface area contributed by atoms with Gasteiger partial charge in [0.15, 0.2) is 11.9 Å². The van der Waals surface area contributed by atoms with Gasteiger partial charge in [0, 0.05) is 24.8 Å². The Morgan fingerprint density at radius 3 is 2.00 bits per heavy atom. The van der Waals surface area contributed by atoms with Gasteiger partial charge in [-0.05, 0) is 51.7 Å². The van der Waals surface area contributed by atoms with Gasteiger partial charge in [-0.2, -0.15) is 0 Å². The van der Waals surface area contributed by atoms with E-state index in [1.165, 1.54) is 39.8 Å². The molecule has 0 aromatic carbocycles. The summed E-state index contributed by atoms with van der Waals surface area (Å²) < 4.78 is 22.6. The third-order valence-corrected chi connectivity index (χ3v) is 8.94. The summed E-state index contributed by atoms with van der Waals surface area (Å²) >= 11 is 0. The molecule has 10 atom stereocenters. The molecule has 0 bridgehead atoms. The van der Waals surface area contributed by atoms with Crippen molar-refractivity contribution in [3.63, 3.8) is 0 Å². The molecule has 0 spiro atoms. The van der Waals surface area contributed by atoms with Crippen LogP contribution in [-0.4, -0.2) is 98.1 Å². The average Bonchev–Trinajstić information content (AvgIpc) is 3.26. The van der Waals surface area contributed by atoms with Crippen molar-refractivity contribution in [3.05, 3.63) is 48.1 Å². The highest BCUT2D eigenvalue weighted by atomic mass is 17.1. The first-order valence-electron chi connectivity index (χ1n) is 15.4. The van der Waals surface area contributed by atoms with Gasteiger partial charge in [-0.25, -0.2) is 14.5 Å². The summed E-state index contributed by atoms with van der Waals surface area (Å²) in [4.78, 5) is 69.6. The standard InChI is InChI=1S/C34H48O14/c1-12-16(2)29(38)46-25-17(3)15-34(42)23(25)26(44-21(7)35)19(5)24(37)27(47-30(39)18(4)20(6)48-43)28(45-22(8)36)32(9,10)13-14-33(11,41)31(34)40/h12-14,17,20,23-28,37,41-43H,4-5,15H2,1-3,6-11H3/b14-13+,16-12-/t17-,20-,23+,24-,25-,26-,27+,28+,33+,34+/m0/s1. The van der Waals surface area contributed by atoms with Crippen LogP contribution in [0.4, 0.5) is 0 Å². The van der Waals surface area contributed by atoms with Crippen molar-refractivity contribution in [1.29, 1.82) is 0 Å². The number of aliphatic hydroxyl groups is 3. The molecular weight excluding hydrogens is 632 g/mol. The topological polar surface area (TPSA) is 212 Å². The number of ketones is 1. The molecule has 1 fully saturated rings. The van der Waals surface area contributed by atoms with Gasteiger partial charge in [-0.15, -0.1) is 0 Å². The molecule has 0 saturated heterocycles. The summed E-state index contributed by atoms with van der Waals surface area (Å²) in [6.07, 6.45) is -6.45. The van der Waals surface area contributed by atoms with Crippen LogP contribution in [0.5, 0.6) is 0 Å². The number of rotatable bonds is 8. The molecule has 0 aliphatic heterocycles. The molecule has 2 aliphatic rings. The van der Waals surface area contributed by atoms with E-state index in [0.29, 0.717) is 0 Å². The zero-order chi connectivity index (χ0) is 37.1. The number of carbonyl (C=O) groups is 5. The Labute approximate surface area is 279 Å². The van der Waals surface area contributed by atoms with Crippen LogP contribution < -0.4 is 0 Å². The van der Waals surface area contributed by atoms with Crippen LogP contribution in [0.1, 0.15) is 68.7 Å². The Morgan fingerprint density at radius 1 is 0.958 bits per heavy atom. The second-order valence-corrected chi connectivity index (χ2v) is 13.3. The van der Waals surface area contributed by atoms with Crippen LogP contribution in [0.3, 0.4) is 0 Å². The van der Waals surface area contributed by atoms with Crippen LogP contribution in [-0.2, 0) is 47.8 Å². The Morgan fingerprint density at radius 2 is 1.50 bits per heavy atom. The second-order valence-electron chi connectivity index (χ2n) is 13.3. The van der Waals surface area contributed by atoms with Crippen molar-refractivity contribution in [2.24, 2.45) is 17.3 Å². The number of Topliss-reactive ketones (excluding diaryl/α,β-unsaturated/α-hetero) is 1. The third-order valence-electron chi connectivity index (χ3n) is 8.94. The highest BCUT2D eigenvalue weighted by molar-refractivity contribution is 5.97. The first-order valence-corrected chi connectivity index (χ1v) is 15.4. The summed E-state index contributed by atoms with van der Waals surface area (Å²) in [5, 5.41) is 44.8. The molecule has 0 heterocycles. The minimum atomic E-state index is -2.54. The van der Waals surface area contributed by atoms with E-state index in [4.69, 9.17) is 24.2 Å². The van der Waals surface area contributed by atoms with Crippen molar-refractivity contribution in [1.82, 2.24) is 0 Å². The second kappa shape index (κ2) is 15.2. The van der Waals surface area contributed by atoms with E-state index in [-0.39, 0.29) is 12.0 Å².